The average molecular weight is 364 g/mol. The van der Waals surface area contributed by atoms with E-state index < -0.39 is 17.5 Å². The summed E-state index contributed by atoms with van der Waals surface area (Å²) in [4.78, 5) is 24.7. The Kier molecular flexibility index (Phi) is 5.42. The van der Waals surface area contributed by atoms with Gasteiger partial charge >= 0.3 is 12.0 Å². The zero-order valence-corrected chi connectivity index (χ0v) is 13.7. The molecule has 1 aromatic rings. The van der Waals surface area contributed by atoms with Gasteiger partial charge in [0.25, 0.3) is 0 Å². The van der Waals surface area contributed by atoms with Gasteiger partial charge in [0.1, 0.15) is 5.54 Å². The second kappa shape index (κ2) is 6.45. The van der Waals surface area contributed by atoms with Crippen molar-refractivity contribution in [2.75, 3.05) is 11.9 Å². The van der Waals surface area contributed by atoms with Gasteiger partial charge in [0.15, 0.2) is 0 Å². The highest BCUT2D eigenvalue weighted by Gasteiger charge is 2.37. The van der Waals surface area contributed by atoms with Crippen molar-refractivity contribution in [2.45, 2.75) is 26.3 Å². The third kappa shape index (κ3) is 3.64. The van der Waals surface area contributed by atoms with E-state index in [0.717, 1.165) is 0 Å². The van der Waals surface area contributed by atoms with E-state index in [1.165, 1.54) is 18.7 Å². The smallest absolute Gasteiger partial charge is 0.329 e. The number of aliphatic carboxylic acids is 1. The molecule has 0 radical (unpaired) electrons. The van der Waals surface area contributed by atoms with Crippen molar-refractivity contribution in [3.05, 3.63) is 27.7 Å². The van der Waals surface area contributed by atoms with Gasteiger partial charge in [-0.15, -0.1) is 0 Å². The van der Waals surface area contributed by atoms with Crippen molar-refractivity contribution in [3.8, 4) is 0 Å². The summed E-state index contributed by atoms with van der Waals surface area (Å²) in [6.45, 7) is 4.94. The number of nitrogens with one attached hydrogen (secondary N) is 1. The number of urea groups is 1. The summed E-state index contributed by atoms with van der Waals surface area (Å²) >= 11 is 9.18. The summed E-state index contributed by atoms with van der Waals surface area (Å²) in [5.74, 6) is -1.07. The molecule has 2 amide bonds. The van der Waals surface area contributed by atoms with Gasteiger partial charge in [-0.2, -0.15) is 0 Å². The summed E-state index contributed by atoms with van der Waals surface area (Å²) in [6.07, 6.45) is 0. The van der Waals surface area contributed by atoms with E-state index in [-0.39, 0.29) is 6.54 Å². The van der Waals surface area contributed by atoms with Gasteiger partial charge in [-0.3, -0.25) is 0 Å². The van der Waals surface area contributed by atoms with Gasteiger partial charge < -0.3 is 15.3 Å². The van der Waals surface area contributed by atoms with Crippen LogP contribution in [0.15, 0.2) is 22.7 Å². The minimum absolute atomic E-state index is 0.267. The van der Waals surface area contributed by atoms with Crippen LogP contribution in [-0.2, 0) is 4.79 Å². The highest BCUT2D eigenvalue weighted by atomic mass is 79.9. The lowest BCUT2D eigenvalue weighted by molar-refractivity contribution is -0.147. The predicted octanol–water partition coefficient (Wildman–Crippen LogP) is 3.82. The summed E-state index contributed by atoms with van der Waals surface area (Å²) in [5, 5.41) is 12.3. The molecule has 2 N–H and O–H groups in total. The standard InChI is InChI=1S/C13H16BrClN2O3/c1-4-17(13(2,3)11(18)19)12(20)16-10-7-8(15)5-6-9(10)14/h5-7H,4H2,1-3H3,(H,16,20)(H,18,19). The molecule has 0 spiro atoms. The van der Waals surface area contributed by atoms with E-state index in [4.69, 9.17) is 11.6 Å². The highest BCUT2D eigenvalue weighted by Crippen LogP contribution is 2.27. The molecule has 0 saturated carbocycles. The number of hydrogen-bond donors (Lipinski definition) is 2. The quantitative estimate of drug-likeness (QED) is 0.854. The predicted molar refractivity (Wildman–Crippen MR) is 82.3 cm³/mol. The number of likely N-dealkylation sites (N-methyl/N-ethyl adjacent to an activating group) is 1. The van der Waals surface area contributed by atoms with Crippen LogP contribution in [0.2, 0.25) is 5.02 Å². The number of halogens is 2. The zero-order chi connectivity index (χ0) is 15.5. The van der Waals surface area contributed by atoms with Crippen molar-refractivity contribution in [2.24, 2.45) is 0 Å². The number of carboxylic acids is 1. The first-order chi connectivity index (χ1) is 9.20. The van der Waals surface area contributed by atoms with Crippen LogP contribution in [0.5, 0.6) is 0 Å². The van der Waals surface area contributed by atoms with Crippen molar-refractivity contribution < 1.29 is 14.7 Å². The number of hydrogen-bond acceptors (Lipinski definition) is 2. The molecule has 1 aromatic carbocycles. The Hall–Kier alpha value is -1.27. The fraction of sp³-hybridized carbons (Fsp3) is 0.385. The Morgan fingerprint density at radius 1 is 1.45 bits per heavy atom. The van der Waals surface area contributed by atoms with Gasteiger partial charge in [0.05, 0.1) is 5.69 Å². The van der Waals surface area contributed by atoms with E-state index in [0.29, 0.717) is 15.2 Å². The second-order valence-corrected chi connectivity index (χ2v) is 5.95. The molecule has 0 unspecified atom stereocenters. The minimum atomic E-state index is -1.30. The lowest BCUT2D eigenvalue weighted by Gasteiger charge is -2.34. The highest BCUT2D eigenvalue weighted by molar-refractivity contribution is 9.10. The summed E-state index contributed by atoms with van der Waals surface area (Å²) < 4.78 is 0.666. The topological polar surface area (TPSA) is 69.6 Å². The van der Waals surface area contributed by atoms with Crippen LogP contribution < -0.4 is 5.32 Å². The number of nitrogens with zero attached hydrogens (tertiary/aromatic N) is 1. The van der Waals surface area contributed by atoms with E-state index in [2.05, 4.69) is 21.2 Å². The molecule has 110 valence electrons. The number of carbonyl (C=O) groups is 2. The molecule has 7 heteroatoms. The zero-order valence-electron chi connectivity index (χ0n) is 11.4. The molecule has 0 aromatic heterocycles. The van der Waals surface area contributed by atoms with Crippen LogP contribution in [0.3, 0.4) is 0 Å². The van der Waals surface area contributed by atoms with Crippen LogP contribution in [-0.4, -0.2) is 34.1 Å². The first kappa shape index (κ1) is 16.8. The fourth-order valence-electron chi connectivity index (χ4n) is 1.68. The number of carbonyl (C=O) groups excluding carboxylic acids is 1. The van der Waals surface area contributed by atoms with Gasteiger partial charge in [-0.1, -0.05) is 11.6 Å². The Bertz CT molecular complexity index is 534. The Morgan fingerprint density at radius 2 is 2.05 bits per heavy atom. The molecular formula is C13H16BrClN2O3. The summed E-state index contributed by atoms with van der Waals surface area (Å²) in [6, 6.07) is 4.48. The monoisotopic (exact) mass is 362 g/mol. The molecule has 0 atom stereocenters. The average Bonchev–Trinajstić information content (AvgIpc) is 2.34. The lowest BCUT2D eigenvalue weighted by Crippen LogP contribution is -2.54. The van der Waals surface area contributed by atoms with Gasteiger partial charge in [0, 0.05) is 16.0 Å². The summed E-state index contributed by atoms with van der Waals surface area (Å²) in [7, 11) is 0. The molecule has 0 saturated heterocycles. The fourth-order valence-corrected chi connectivity index (χ4v) is 2.20. The minimum Gasteiger partial charge on any atom is -0.480 e. The maximum atomic E-state index is 12.2. The van der Waals surface area contributed by atoms with E-state index in [1.807, 2.05) is 0 Å². The van der Waals surface area contributed by atoms with Crippen LogP contribution in [0.1, 0.15) is 20.8 Å². The largest absolute Gasteiger partial charge is 0.480 e. The van der Waals surface area contributed by atoms with E-state index in [9.17, 15) is 14.7 Å². The van der Waals surface area contributed by atoms with Gasteiger partial charge in [-0.05, 0) is 54.9 Å². The van der Waals surface area contributed by atoms with Gasteiger partial charge in [-0.25, -0.2) is 9.59 Å². The van der Waals surface area contributed by atoms with Crippen LogP contribution in [0, 0.1) is 0 Å². The molecule has 0 fully saturated rings. The normalized spacial score (nSPS) is 11.1. The first-order valence-electron chi connectivity index (χ1n) is 5.97. The number of rotatable bonds is 4. The molecule has 0 aliphatic heterocycles. The number of anilines is 1. The third-order valence-electron chi connectivity index (χ3n) is 2.93. The molecular weight excluding hydrogens is 348 g/mol. The third-order valence-corrected chi connectivity index (χ3v) is 3.86. The molecule has 0 aliphatic rings. The molecule has 5 nitrogen and oxygen atoms in total. The van der Waals surface area contributed by atoms with Crippen LogP contribution >= 0.6 is 27.5 Å². The van der Waals surface area contributed by atoms with Crippen molar-refractivity contribution in [1.29, 1.82) is 0 Å². The van der Waals surface area contributed by atoms with E-state index >= 15 is 0 Å². The molecule has 0 aliphatic carbocycles. The molecule has 20 heavy (non-hydrogen) atoms. The summed E-state index contributed by atoms with van der Waals surface area (Å²) in [5.41, 5.74) is -0.814. The SMILES string of the molecule is CCN(C(=O)Nc1cc(Cl)ccc1Br)C(C)(C)C(=O)O. The maximum Gasteiger partial charge on any atom is 0.329 e. The Morgan fingerprint density at radius 3 is 2.55 bits per heavy atom. The van der Waals surface area contributed by atoms with Crippen LogP contribution in [0.4, 0.5) is 10.5 Å². The second-order valence-electron chi connectivity index (χ2n) is 4.66. The lowest BCUT2D eigenvalue weighted by atomic mass is 10.0. The van der Waals surface area contributed by atoms with Crippen molar-refractivity contribution in [3.63, 3.8) is 0 Å². The number of carboxylic acid groups (broad SMARTS) is 1. The van der Waals surface area contributed by atoms with Crippen molar-refractivity contribution >= 4 is 45.2 Å². The Labute approximate surface area is 131 Å². The maximum absolute atomic E-state index is 12.2. The van der Waals surface area contributed by atoms with Gasteiger partial charge in [0.2, 0.25) is 0 Å². The number of benzene rings is 1. The molecule has 0 heterocycles. The molecule has 1 rings (SSSR count). The first-order valence-corrected chi connectivity index (χ1v) is 7.14. The van der Waals surface area contributed by atoms with E-state index in [1.54, 1.807) is 25.1 Å². The number of amides is 2. The van der Waals surface area contributed by atoms with Crippen LogP contribution in [0.25, 0.3) is 0 Å². The molecule has 0 bridgehead atoms. The Balaban J connectivity index is 2.99. The van der Waals surface area contributed by atoms with Crippen molar-refractivity contribution in [1.82, 2.24) is 4.90 Å².